The van der Waals surface area contributed by atoms with Gasteiger partial charge in [-0.25, -0.2) is 4.79 Å². The monoisotopic (exact) mass is 922 g/mol. The molecule has 0 bridgehead atoms. The van der Waals surface area contributed by atoms with Gasteiger partial charge in [0.2, 0.25) is 5.91 Å². The zero-order chi connectivity index (χ0) is 49.3. The number of amides is 3. The van der Waals surface area contributed by atoms with Crippen LogP contribution in [0.1, 0.15) is 88.7 Å². The smallest absolute Gasteiger partial charge is 0.338 e. The molecule has 4 N–H and O–H groups in total. The molecule has 0 saturated heterocycles. The molecule has 5 aromatic carbocycles. The second kappa shape index (κ2) is 24.1. The number of esters is 1. The van der Waals surface area contributed by atoms with Gasteiger partial charge in [-0.1, -0.05) is 81.6 Å². The van der Waals surface area contributed by atoms with E-state index in [1.54, 1.807) is 60.7 Å². The fourth-order valence-corrected chi connectivity index (χ4v) is 6.65. The van der Waals surface area contributed by atoms with Crippen LogP contribution >= 0.6 is 0 Å². The van der Waals surface area contributed by atoms with E-state index in [0.717, 1.165) is 0 Å². The van der Waals surface area contributed by atoms with Crippen LogP contribution in [0.4, 0.5) is 11.4 Å². The summed E-state index contributed by atoms with van der Waals surface area (Å²) in [5.74, 6) is -3.16. The van der Waals surface area contributed by atoms with Gasteiger partial charge >= 0.3 is 5.97 Å². The Morgan fingerprint density at radius 3 is 1.82 bits per heavy atom. The first-order valence-corrected chi connectivity index (χ1v) is 21.4. The van der Waals surface area contributed by atoms with E-state index in [4.69, 9.17) is 19.9 Å². The molecule has 0 fully saturated rings. The summed E-state index contributed by atoms with van der Waals surface area (Å²) in [6.07, 6.45) is 2.15. The Hall–Kier alpha value is -8.53. The van der Waals surface area contributed by atoms with Crippen LogP contribution in [-0.4, -0.2) is 71.8 Å². The number of hydrogen-bond acceptors (Lipinski definition) is 12. The quantitative estimate of drug-likeness (QED) is 0.0170. The number of nitrogens with two attached hydrogens (primary N) is 1. The number of ether oxygens (including phenoxy) is 3. The Balaban J connectivity index is 1.26. The molecule has 0 saturated carbocycles. The number of nitrogens with one attached hydrogen (secondary N) is 2. The molecular weight excluding hydrogens is 873 g/mol. The maximum Gasteiger partial charge on any atom is 0.338 e. The van der Waals surface area contributed by atoms with E-state index in [1.165, 1.54) is 60.7 Å². The highest BCUT2D eigenvalue weighted by Gasteiger charge is 2.26. The van der Waals surface area contributed by atoms with Gasteiger partial charge in [0.15, 0.2) is 28.8 Å². The van der Waals surface area contributed by atoms with Gasteiger partial charge in [0.05, 0.1) is 35.1 Å². The molecule has 0 unspecified atom stereocenters. The van der Waals surface area contributed by atoms with Crippen LogP contribution < -0.4 is 25.8 Å². The summed E-state index contributed by atoms with van der Waals surface area (Å²) in [5.41, 5.74) is 8.38. The highest BCUT2D eigenvalue weighted by molar-refractivity contribution is 6.05. The van der Waals surface area contributed by atoms with E-state index in [-0.39, 0.29) is 90.4 Å². The van der Waals surface area contributed by atoms with Crippen molar-refractivity contribution in [2.75, 3.05) is 25.1 Å². The number of nitrogens with zero attached hydrogens (tertiary/aromatic N) is 1. The van der Waals surface area contributed by atoms with Gasteiger partial charge in [-0.05, 0) is 71.6 Å². The van der Waals surface area contributed by atoms with Crippen LogP contribution in [0.2, 0.25) is 0 Å². The molecule has 5 rings (SSSR count). The van der Waals surface area contributed by atoms with Gasteiger partial charge in [-0.15, -0.1) is 0 Å². The summed E-state index contributed by atoms with van der Waals surface area (Å²) >= 11 is 0. The second-order valence-corrected chi connectivity index (χ2v) is 15.9. The van der Waals surface area contributed by atoms with E-state index in [1.807, 2.05) is 13.8 Å². The molecular formula is C52H50N4O12. The molecule has 0 aliphatic heterocycles. The topological polar surface area (TPSA) is 240 Å². The van der Waals surface area contributed by atoms with E-state index in [2.05, 4.69) is 23.8 Å². The minimum absolute atomic E-state index is 0.0227. The van der Waals surface area contributed by atoms with Crippen molar-refractivity contribution in [1.29, 1.82) is 0 Å². The SMILES string of the molecule is C=CCOC(=O)c1ccc(CC(=O)c2ccc(CC(=O)c3ccc(CC(=O)[C@H](CC(N)=O)NC(=O)c4ccc(NC(=O)c5ccc([N+](=O)[O-])cc5)cc4)cc3)c(OCC(C)C)c2OCC=C)cc1. The maximum absolute atomic E-state index is 13.8. The molecule has 0 aliphatic rings. The molecule has 1 atom stereocenters. The number of benzene rings is 5. The third kappa shape index (κ3) is 14.2. The zero-order valence-corrected chi connectivity index (χ0v) is 37.5. The minimum Gasteiger partial charge on any atom is -0.489 e. The van der Waals surface area contributed by atoms with Crippen LogP contribution in [0, 0.1) is 16.0 Å². The standard InChI is InChI=1S/C52H50N4O12/c1-5-25-66-49-42(45(58)27-33-9-13-38(14-10-33)52(63)67-26-6-2)24-19-39(48(49)68-31-32(3)4)29-44(57)35-11-7-34(8-12-35)28-46(59)43(30-47(53)60)55-51(62)36-15-20-40(21-16-36)54-50(61)37-17-22-41(23-18-37)56(64)65/h5-24,32,43H,1-2,25-31H2,3-4H3,(H2,53,60)(H,54,61)(H,55,62)/t43-/m0/s1. The molecule has 0 heterocycles. The minimum atomic E-state index is -1.28. The van der Waals surface area contributed by atoms with Crippen LogP contribution in [0.3, 0.4) is 0 Å². The molecule has 0 spiro atoms. The van der Waals surface area contributed by atoms with Crippen molar-refractivity contribution in [2.45, 2.75) is 45.6 Å². The summed E-state index contributed by atoms with van der Waals surface area (Å²) < 4.78 is 17.4. The molecule has 5 aromatic rings. The number of rotatable bonds is 25. The van der Waals surface area contributed by atoms with Crippen molar-refractivity contribution >= 4 is 52.4 Å². The van der Waals surface area contributed by atoms with Gasteiger partial charge in [0.25, 0.3) is 17.5 Å². The van der Waals surface area contributed by atoms with Crippen molar-refractivity contribution in [3.8, 4) is 11.5 Å². The number of anilines is 1. The lowest BCUT2D eigenvalue weighted by Gasteiger charge is -2.20. The number of carbonyl (C=O) groups excluding carboxylic acids is 7. The third-order valence-corrected chi connectivity index (χ3v) is 10.1. The summed E-state index contributed by atoms with van der Waals surface area (Å²) in [4.78, 5) is 101. The summed E-state index contributed by atoms with van der Waals surface area (Å²) in [6, 6.07) is 25.5. The molecule has 16 heteroatoms. The van der Waals surface area contributed by atoms with Gasteiger partial charge in [0.1, 0.15) is 13.2 Å². The molecule has 0 aliphatic carbocycles. The normalized spacial score (nSPS) is 11.1. The lowest BCUT2D eigenvalue weighted by molar-refractivity contribution is -0.384. The lowest BCUT2D eigenvalue weighted by atomic mass is 9.95. The maximum atomic E-state index is 13.8. The molecule has 0 radical (unpaired) electrons. The van der Waals surface area contributed by atoms with Crippen molar-refractivity contribution in [3.05, 3.63) is 189 Å². The van der Waals surface area contributed by atoms with Gasteiger partial charge in [0, 0.05) is 59.3 Å². The van der Waals surface area contributed by atoms with Gasteiger partial charge < -0.3 is 30.6 Å². The molecule has 350 valence electrons. The number of carbonyl (C=O) groups is 7. The largest absolute Gasteiger partial charge is 0.489 e. The summed E-state index contributed by atoms with van der Waals surface area (Å²) in [6.45, 7) is 11.6. The first-order chi connectivity index (χ1) is 32.6. The van der Waals surface area contributed by atoms with Crippen molar-refractivity contribution < 1.29 is 52.7 Å². The fraction of sp³-hybridized carbons (Fsp3) is 0.212. The summed E-state index contributed by atoms with van der Waals surface area (Å²) in [5, 5.41) is 16.1. The average molecular weight is 923 g/mol. The molecule has 0 aromatic heterocycles. The average Bonchev–Trinajstić information content (AvgIpc) is 3.32. The van der Waals surface area contributed by atoms with Crippen molar-refractivity contribution in [2.24, 2.45) is 11.7 Å². The summed E-state index contributed by atoms with van der Waals surface area (Å²) in [7, 11) is 0. The zero-order valence-electron chi connectivity index (χ0n) is 37.5. The number of Topliss-reactive ketones (excluding diaryl/α,β-unsaturated/α-hetero) is 3. The van der Waals surface area contributed by atoms with Crippen molar-refractivity contribution in [3.63, 3.8) is 0 Å². The molecule has 3 amide bonds. The van der Waals surface area contributed by atoms with Crippen LogP contribution in [0.5, 0.6) is 11.5 Å². The highest BCUT2D eigenvalue weighted by Crippen LogP contribution is 2.37. The first-order valence-electron chi connectivity index (χ1n) is 21.4. The van der Waals surface area contributed by atoms with Crippen molar-refractivity contribution in [1.82, 2.24) is 5.32 Å². The van der Waals surface area contributed by atoms with E-state index in [0.29, 0.717) is 33.5 Å². The predicted octanol–water partition coefficient (Wildman–Crippen LogP) is 7.43. The van der Waals surface area contributed by atoms with Gasteiger partial charge in [-0.2, -0.15) is 0 Å². The predicted molar refractivity (Wildman–Crippen MR) is 253 cm³/mol. The Kier molecular flexibility index (Phi) is 17.9. The van der Waals surface area contributed by atoms with Crippen LogP contribution in [0.15, 0.2) is 135 Å². The van der Waals surface area contributed by atoms with E-state index >= 15 is 0 Å². The molecule has 68 heavy (non-hydrogen) atoms. The Labute approximate surface area is 392 Å². The second-order valence-electron chi connectivity index (χ2n) is 15.9. The van der Waals surface area contributed by atoms with Crippen LogP contribution in [0.25, 0.3) is 0 Å². The Bertz CT molecular complexity index is 2690. The number of nitro benzene ring substituents is 1. The Morgan fingerprint density at radius 2 is 1.24 bits per heavy atom. The van der Waals surface area contributed by atoms with Crippen LogP contribution in [-0.2, 0) is 33.6 Å². The number of primary amides is 1. The highest BCUT2D eigenvalue weighted by atomic mass is 16.6. The first kappa shape index (κ1) is 50.5. The number of non-ortho nitro benzene ring substituents is 1. The fourth-order valence-electron chi connectivity index (χ4n) is 6.65. The van der Waals surface area contributed by atoms with Gasteiger partial charge in [-0.3, -0.25) is 38.9 Å². The lowest BCUT2D eigenvalue weighted by Crippen LogP contribution is -2.44. The third-order valence-electron chi connectivity index (χ3n) is 10.1. The Morgan fingerprint density at radius 1 is 0.662 bits per heavy atom. The number of ketones is 3. The number of nitro groups is 1. The van der Waals surface area contributed by atoms with E-state index < -0.39 is 46.9 Å². The number of hydrogen-bond donors (Lipinski definition) is 3. The van der Waals surface area contributed by atoms with E-state index in [9.17, 15) is 43.7 Å². The molecule has 16 nitrogen and oxygen atoms in total.